The predicted molar refractivity (Wildman–Crippen MR) is 132 cm³/mol. The lowest BCUT2D eigenvalue weighted by Gasteiger charge is -2.21. The quantitative estimate of drug-likeness (QED) is 0.501. The number of carbonyl (C=O) groups is 1. The summed E-state index contributed by atoms with van der Waals surface area (Å²) >= 11 is 1.31. The van der Waals surface area contributed by atoms with E-state index in [4.69, 9.17) is 0 Å². The van der Waals surface area contributed by atoms with E-state index < -0.39 is 5.97 Å². The number of carboxylic acid groups (broad SMARTS) is 1. The molecule has 0 saturated carbocycles. The lowest BCUT2D eigenvalue weighted by atomic mass is 10.0. The average molecular weight is 435 g/mol. The van der Waals surface area contributed by atoms with Crippen LogP contribution in [0.25, 0.3) is 11.6 Å². The third kappa shape index (κ3) is 5.63. The van der Waals surface area contributed by atoms with Crippen LogP contribution in [0, 0.1) is 0 Å². The molecule has 1 aromatic heterocycles. The van der Waals surface area contributed by atoms with Gasteiger partial charge in [0.2, 0.25) is 0 Å². The third-order valence-electron chi connectivity index (χ3n) is 5.28. The maximum Gasteiger partial charge on any atom is 0.345 e. The summed E-state index contributed by atoms with van der Waals surface area (Å²) in [5, 5.41) is 14.9. The summed E-state index contributed by atoms with van der Waals surface area (Å²) in [6, 6.07) is 20.6. The normalized spacial score (nSPS) is 10.7. The summed E-state index contributed by atoms with van der Waals surface area (Å²) in [7, 11) is 0. The highest BCUT2D eigenvalue weighted by Crippen LogP contribution is 2.29. The van der Waals surface area contributed by atoms with Gasteiger partial charge in [0.15, 0.2) is 0 Å². The zero-order valence-electron chi connectivity index (χ0n) is 18.4. The molecule has 1 heterocycles. The fourth-order valence-electron chi connectivity index (χ4n) is 3.59. The van der Waals surface area contributed by atoms with Gasteiger partial charge in [-0.2, -0.15) is 0 Å². The Hall–Kier alpha value is -2.89. The van der Waals surface area contributed by atoms with E-state index in [0.717, 1.165) is 47.4 Å². The fraction of sp³-hybridized carbons (Fsp3) is 0.269. The molecule has 3 aromatic rings. The molecule has 0 spiro atoms. The number of aromatic carboxylic acids is 1. The van der Waals surface area contributed by atoms with Gasteiger partial charge >= 0.3 is 5.97 Å². The smallest absolute Gasteiger partial charge is 0.345 e. The lowest BCUT2D eigenvalue weighted by molar-refractivity contribution is 0.0702. The van der Waals surface area contributed by atoms with E-state index in [1.807, 2.05) is 6.07 Å². The van der Waals surface area contributed by atoms with E-state index in [0.29, 0.717) is 4.88 Å². The maximum atomic E-state index is 11.5. The molecule has 0 amide bonds. The van der Waals surface area contributed by atoms with Crippen LogP contribution in [-0.2, 0) is 0 Å². The van der Waals surface area contributed by atoms with Crippen molar-refractivity contribution in [3.63, 3.8) is 0 Å². The zero-order chi connectivity index (χ0) is 22.2. The molecular weight excluding hydrogens is 404 g/mol. The first-order chi connectivity index (χ1) is 15.1. The number of nitrogens with one attached hydrogen (secondary N) is 1. The van der Waals surface area contributed by atoms with Crippen LogP contribution < -0.4 is 20.7 Å². The highest BCUT2D eigenvalue weighted by Gasteiger charge is 2.13. The predicted octanol–water partition coefficient (Wildman–Crippen LogP) is 3.93. The summed E-state index contributed by atoms with van der Waals surface area (Å²) in [4.78, 5) is 15.1. The third-order valence-corrected chi connectivity index (χ3v) is 6.37. The topological polar surface area (TPSA) is 52.6 Å². The SMILES string of the molecule is CCNCC=c1ccc(=C(c2ccc(N(CC)CC)cc2)c2ccc(C(=O)O)s2)cc1. The molecule has 0 bridgehead atoms. The fourth-order valence-corrected chi connectivity index (χ4v) is 4.52. The Labute approximate surface area is 188 Å². The zero-order valence-corrected chi connectivity index (χ0v) is 19.2. The van der Waals surface area contributed by atoms with E-state index in [-0.39, 0.29) is 0 Å². The largest absolute Gasteiger partial charge is 0.477 e. The average Bonchev–Trinajstić information content (AvgIpc) is 3.27. The van der Waals surface area contributed by atoms with Gasteiger partial charge < -0.3 is 15.3 Å². The number of nitrogens with zero attached hydrogens (tertiary/aromatic N) is 1. The van der Waals surface area contributed by atoms with Gasteiger partial charge in [0.25, 0.3) is 0 Å². The lowest BCUT2D eigenvalue weighted by Crippen LogP contribution is -2.21. The van der Waals surface area contributed by atoms with Crippen LogP contribution in [0.15, 0.2) is 60.7 Å². The molecule has 2 aromatic carbocycles. The Morgan fingerprint density at radius 2 is 1.58 bits per heavy atom. The Balaban J connectivity index is 2.10. The van der Waals surface area contributed by atoms with Crippen molar-refractivity contribution in [2.24, 2.45) is 0 Å². The first-order valence-corrected chi connectivity index (χ1v) is 11.6. The van der Waals surface area contributed by atoms with E-state index in [2.05, 4.69) is 85.6 Å². The molecule has 0 saturated heterocycles. The van der Waals surface area contributed by atoms with Crippen LogP contribution in [0.2, 0.25) is 0 Å². The van der Waals surface area contributed by atoms with Crippen molar-refractivity contribution < 1.29 is 9.90 Å². The molecule has 0 radical (unpaired) electrons. The van der Waals surface area contributed by atoms with Crippen molar-refractivity contribution in [3.05, 3.63) is 86.4 Å². The van der Waals surface area contributed by atoms with Crippen LogP contribution in [0.3, 0.4) is 0 Å². The Morgan fingerprint density at radius 1 is 0.935 bits per heavy atom. The van der Waals surface area contributed by atoms with Crippen LogP contribution >= 0.6 is 11.3 Å². The first-order valence-electron chi connectivity index (χ1n) is 10.8. The van der Waals surface area contributed by atoms with E-state index >= 15 is 0 Å². The standard InChI is InChI=1S/C26H30N2O2S/c1-4-27-18-17-19-7-9-20(10-8-19)25(23-15-16-24(31-23)26(29)30)21-11-13-22(14-12-21)28(5-2)6-3/h7-17,27H,4-6,18H2,1-3H3,(H,29,30). The summed E-state index contributed by atoms with van der Waals surface area (Å²) in [5.41, 5.74) is 3.33. The minimum absolute atomic E-state index is 0.350. The van der Waals surface area contributed by atoms with Crippen LogP contribution in [-0.4, -0.2) is 37.3 Å². The second-order valence-corrected chi connectivity index (χ2v) is 8.28. The molecule has 31 heavy (non-hydrogen) atoms. The van der Waals surface area contributed by atoms with Crippen LogP contribution in [0.5, 0.6) is 0 Å². The van der Waals surface area contributed by atoms with Gasteiger partial charge in [-0.25, -0.2) is 4.79 Å². The number of anilines is 1. The number of thiophene rings is 1. The molecule has 2 N–H and O–H groups in total. The van der Waals surface area contributed by atoms with Crippen molar-refractivity contribution >= 4 is 34.6 Å². The van der Waals surface area contributed by atoms with Gasteiger partial charge in [-0.15, -0.1) is 11.3 Å². The number of benzene rings is 2. The number of hydrogen-bond donors (Lipinski definition) is 2. The maximum absolute atomic E-state index is 11.5. The first kappa shape index (κ1) is 22.8. The summed E-state index contributed by atoms with van der Waals surface area (Å²) in [6.45, 7) is 10.1. The van der Waals surface area contributed by atoms with Crippen molar-refractivity contribution in [1.29, 1.82) is 0 Å². The van der Waals surface area contributed by atoms with E-state index in [1.54, 1.807) is 6.07 Å². The Bertz CT molecular complexity index is 1110. The molecule has 0 atom stereocenters. The Kier molecular flexibility index (Phi) is 8.04. The number of carboxylic acids is 1. The molecule has 0 aliphatic carbocycles. The van der Waals surface area contributed by atoms with Gasteiger partial charge in [0.05, 0.1) is 0 Å². The molecular formula is C26H30N2O2S. The van der Waals surface area contributed by atoms with Crippen molar-refractivity contribution in [2.45, 2.75) is 20.8 Å². The molecule has 0 aliphatic rings. The van der Waals surface area contributed by atoms with E-state index in [9.17, 15) is 9.90 Å². The summed E-state index contributed by atoms with van der Waals surface area (Å²) in [6.07, 6.45) is 2.17. The second kappa shape index (κ2) is 10.9. The second-order valence-electron chi connectivity index (χ2n) is 7.20. The summed E-state index contributed by atoms with van der Waals surface area (Å²) < 4.78 is 0. The summed E-state index contributed by atoms with van der Waals surface area (Å²) in [5.74, 6) is -0.888. The number of rotatable bonds is 9. The van der Waals surface area contributed by atoms with E-state index in [1.165, 1.54) is 22.2 Å². The van der Waals surface area contributed by atoms with Gasteiger partial charge in [0.1, 0.15) is 4.88 Å². The molecule has 4 nitrogen and oxygen atoms in total. The molecule has 0 unspecified atom stereocenters. The Morgan fingerprint density at radius 3 is 2.13 bits per heavy atom. The molecule has 3 rings (SSSR count). The van der Waals surface area contributed by atoms with Crippen LogP contribution in [0.4, 0.5) is 5.69 Å². The van der Waals surface area contributed by atoms with Crippen molar-refractivity contribution in [3.8, 4) is 0 Å². The number of hydrogen-bond acceptors (Lipinski definition) is 4. The van der Waals surface area contributed by atoms with Crippen molar-refractivity contribution in [2.75, 3.05) is 31.1 Å². The monoisotopic (exact) mass is 434 g/mol. The molecule has 162 valence electrons. The molecule has 0 aliphatic heterocycles. The molecule has 0 fully saturated rings. The minimum atomic E-state index is -0.888. The van der Waals surface area contributed by atoms with Crippen LogP contribution in [0.1, 0.15) is 40.9 Å². The van der Waals surface area contributed by atoms with Gasteiger partial charge in [-0.1, -0.05) is 49.4 Å². The highest BCUT2D eigenvalue weighted by molar-refractivity contribution is 7.15. The highest BCUT2D eigenvalue weighted by atomic mass is 32.1. The van der Waals surface area contributed by atoms with Crippen molar-refractivity contribution in [1.82, 2.24) is 5.32 Å². The van der Waals surface area contributed by atoms with Gasteiger partial charge in [0, 0.05) is 35.8 Å². The van der Waals surface area contributed by atoms with Gasteiger partial charge in [-0.05, 0) is 60.7 Å². The minimum Gasteiger partial charge on any atom is -0.477 e. The molecule has 5 heteroatoms. The van der Waals surface area contributed by atoms with Gasteiger partial charge in [-0.3, -0.25) is 0 Å².